The van der Waals surface area contributed by atoms with Crippen molar-refractivity contribution in [1.29, 1.82) is 0 Å². The summed E-state index contributed by atoms with van der Waals surface area (Å²) in [6, 6.07) is 5.81. The summed E-state index contributed by atoms with van der Waals surface area (Å²) in [6.07, 6.45) is 7.29. The first-order valence-corrected chi connectivity index (χ1v) is 11.6. The maximum absolute atomic E-state index is 11.7. The lowest BCUT2D eigenvalue weighted by molar-refractivity contribution is 0.374. The highest BCUT2D eigenvalue weighted by Crippen LogP contribution is 2.27. The molecule has 1 N–H and O–H groups in total. The molecule has 0 aliphatic carbocycles. The van der Waals surface area contributed by atoms with Gasteiger partial charge >= 0.3 is 0 Å². The van der Waals surface area contributed by atoms with Crippen molar-refractivity contribution in [2.45, 2.75) is 6.54 Å². The summed E-state index contributed by atoms with van der Waals surface area (Å²) in [5, 5.41) is 12.9. The Morgan fingerprint density at radius 1 is 1.19 bits per heavy atom. The third-order valence-electron chi connectivity index (χ3n) is 4.50. The average Bonchev–Trinajstić information content (AvgIpc) is 3.34. The molecule has 12 heteroatoms. The zero-order valence-corrected chi connectivity index (χ0v) is 18.8. The normalized spacial score (nSPS) is 12.0. The fourth-order valence-electron chi connectivity index (χ4n) is 2.93. The van der Waals surface area contributed by atoms with Crippen molar-refractivity contribution in [1.82, 2.24) is 33.8 Å². The minimum atomic E-state index is -3.50. The van der Waals surface area contributed by atoms with Gasteiger partial charge < -0.3 is 10.2 Å². The summed E-state index contributed by atoms with van der Waals surface area (Å²) in [7, 11) is 0.554. The number of anilines is 2. The molecule has 1 aromatic carbocycles. The van der Waals surface area contributed by atoms with Crippen LogP contribution in [0.15, 0.2) is 43.0 Å². The predicted octanol–water partition coefficient (Wildman–Crippen LogP) is 2.46. The Bertz CT molecular complexity index is 1350. The third kappa shape index (κ3) is 4.84. The Labute approximate surface area is 184 Å². The van der Waals surface area contributed by atoms with E-state index in [9.17, 15) is 8.42 Å². The first-order valence-electron chi connectivity index (χ1n) is 9.36. The minimum absolute atomic E-state index is 0.286. The molecule has 4 rings (SSSR count). The molecule has 0 radical (unpaired) electrons. The highest BCUT2D eigenvalue weighted by Gasteiger charge is 2.14. The Morgan fingerprint density at radius 3 is 2.71 bits per heavy atom. The van der Waals surface area contributed by atoms with Gasteiger partial charge in [0.15, 0.2) is 0 Å². The summed E-state index contributed by atoms with van der Waals surface area (Å²) >= 11 is 6.23. The van der Waals surface area contributed by atoms with E-state index >= 15 is 0 Å². The molecule has 0 unspecified atom stereocenters. The van der Waals surface area contributed by atoms with Crippen molar-refractivity contribution in [2.24, 2.45) is 0 Å². The van der Waals surface area contributed by atoms with E-state index in [0.717, 1.165) is 40.0 Å². The summed E-state index contributed by atoms with van der Waals surface area (Å²) in [5.41, 5.74) is 2.47. The summed E-state index contributed by atoms with van der Waals surface area (Å²) in [4.78, 5) is 10.8. The number of rotatable bonds is 7. The van der Waals surface area contributed by atoms with E-state index in [0.29, 0.717) is 17.2 Å². The van der Waals surface area contributed by atoms with Gasteiger partial charge in [-0.05, 0) is 32.3 Å². The van der Waals surface area contributed by atoms with E-state index in [2.05, 4.69) is 30.4 Å². The molecular formula is C19H21ClN8O2S. The van der Waals surface area contributed by atoms with Crippen molar-refractivity contribution < 1.29 is 8.42 Å². The number of nitrogens with zero attached hydrogens (tertiary/aromatic N) is 7. The van der Waals surface area contributed by atoms with Crippen LogP contribution in [0.5, 0.6) is 0 Å². The van der Waals surface area contributed by atoms with Gasteiger partial charge in [0.2, 0.25) is 5.95 Å². The number of aromatic nitrogens is 6. The maximum Gasteiger partial charge on any atom is 0.250 e. The van der Waals surface area contributed by atoms with Crippen LogP contribution < -0.4 is 5.32 Å². The van der Waals surface area contributed by atoms with Crippen molar-refractivity contribution in [3.05, 3.63) is 48.0 Å². The van der Waals surface area contributed by atoms with Crippen LogP contribution in [-0.4, -0.2) is 69.1 Å². The summed E-state index contributed by atoms with van der Waals surface area (Å²) in [6.45, 7) is 1.70. The second kappa shape index (κ2) is 8.25. The fourth-order valence-corrected chi connectivity index (χ4v) is 3.65. The van der Waals surface area contributed by atoms with Crippen molar-refractivity contribution in [3.63, 3.8) is 0 Å². The second-order valence-corrected chi connectivity index (χ2v) is 9.60. The highest BCUT2D eigenvalue weighted by molar-refractivity contribution is 7.89. The number of halogens is 1. The first-order chi connectivity index (χ1) is 14.7. The van der Waals surface area contributed by atoms with E-state index in [-0.39, 0.29) is 5.02 Å². The summed E-state index contributed by atoms with van der Waals surface area (Å²) < 4.78 is 26.1. The number of fused-ring (bicyclic) bond motifs is 1. The fraction of sp³-hybridized carbons (Fsp3) is 0.263. The highest BCUT2D eigenvalue weighted by atomic mass is 35.5. The Morgan fingerprint density at radius 2 is 2.00 bits per heavy atom. The maximum atomic E-state index is 11.7. The van der Waals surface area contributed by atoms with Gasteiger partial charge in [-0.25, -0.2) is 18.4 Å². The molecule has 4 aromatic rings. The lowest BCUT2D eigenvalue weighted by Crippen LogP contribution is -2.18. The predicted molar refractivity (Wildman–Crippen MR) is 120 cm³/mol. The molecule has 0 atom stereocenters. The van der Waals surface area contributed by atoms with Crippen LogP contribution in [0.2, 0.25) is 5.02 Å². The zero-order chi connectivity index (χ0) is 22.2. The van der Waals surface area contributed by atoms with Gasteiger partial charge in [-0.15, -0.1) is 0 Å². The number of hydrogen-bond acceptors (Lipinski definition) is 8. The molecule has 10 nitrogen and oxygen atoms in total. The van der Waals surface area contributed by atoms with Gasteiger partial charge in [0, 0.05) is 29.4 Å². The smallest absolute Gasteiger partial charge is 0.250 e. The third-order valence-corrected chi connectivity index (χ3v) is 5.66. The van der Waals surface area contributed by atoms with Gasteiger partial charge in [-0.2, -0.15) is 14.3 Å². The lowest BCUT2D eigenvalue weighted by atomic mass is 10.2. The Balaban J connectivity index is 1.58. The van der Waals surface area contributed by atoms with Crippen LogP contribution in [0.4, 0.5) is 11.6 Å². The summed E-state index contributed by atoms with van der Waals surface area (Å²) in [5.74, 6) is 0.317. The number of benzene rings is 1. The molecule has 0 aliphatic rings. The van der Waals surface area contributed by atoms with Crippen LogP contribution in [0, 0.1) is 0 Å². The van der Waals surface area contributed by atoms with Gasteiger partial charge in [0.05, 0.1) is 47.6 Å². The molecule has 0 spiro atoms. The quantitative estimate of drug-likeness (QED) is 0.447. The number of hydrogen-bond donors (Lipinski definition) is 1. The Hall–Kier alpha value is -3.02. The molecule has 0 amide bonds. The van der Waals surface area contributed by atoms with E-state index in [4.69, 9.17) is 11.6 Å². The van der Waals surface area contributed by atoms with Crippen LogP contribution in [0.25, 0.3) is 22.2 Å². The van der Waals surface area contributed by atoms with E-state index < -0.39 is 10.0 Å². The van der Waals surface area contributed by atoms with E-state index in [1.807, 2.05) is 43.2 Å². The zero-order valence-electron chi connectivity index (χ0n) is 17.2. The minimum Gasteiger partial charge on any atom is -0.324 e. The molecule has 0 fully saturated rings. The SMILES string of the molecule is CN(C)CCn1cc2ccc(Nc3ncc(Cl)c(-c4cnn(S(C)(=O)=O)c4)n3)cc2n1. The Kier molecular flexibility index (Phi) is 5.65. The van der Waals surface area contributed by atoms with Gasteiger partial charge in [0.25, 0.3) is 10.0 Å². The molecule has 3 heterocycles. The molecule has 3 aromatic heterocycles. The van der Waals surface area contributed by atoms with Crippen LogP contribution >= 0.6 is 11.6 Å². The van der Waals surface area contributed by atoms with E-state index in [1.165, 1.54) is 18.6 Å². The monoisotopic (exact) mass is 460 g/mol. The van der Waals surface area contributed by atoms with Crippen LogP contribution in [0.1, 0.15) is 0 Å². The molecule has 31 heavy (non-hydrogen) atoms. The standard InChI is InChI=1S/C19H21ClN8O2S/c1-26(2)6-7-27-11-13-4-5-15(8-17(13)25-27)23-19-21-10-16(20)18(24-19)14-9-22-28(12-14)31(3,29)30/h4-5,8-12H,6-7H2,1-3H3,(H,21,23,24). The van der Waals surface area contributed by atoms with Gasteiger partial charge in [-0.1, -0.05) is 11.6 Å². The largest absolute Gasteiger partial charge is 0.324 e. The lowest BCUT2D eigenvalue weighted by Gasteiger charge is -2.08. The molecule has 0 saturated heterocycles. The number of likely N-dealkylation sites (N-methyl/N-ethyl adjacent to an activating group) is 1. The van der Waals surface area contributed by atoms with Gasteiger partial charge in [-0.3, -0.25) is 4.68 Å². The molecule has 162 valence electrons. The van der Waals surface area contributed by atoms with Crippen molar-refractivity contribution in [3.8, 4) is 11.3 Å². The topological polar surface area (TPSA) is 111 Å². The van der Waals surface area contributed by atoms with Crippen molar-refractivity contribution in [2.75, 3.05) is 32.2 Å². The van der Waals surface area contributed by atoms with Crippen LogP contribution in [-0.2, 0) is 16.6 Å². The van der Waals surface area contributed by atoms with Gasteiger partial charge in [0.1, 0.15) is 0 Å². The molecular weight excluding hydrogens is 440 g/mol. The molecule has 0 aliphatic heterocycles. The second-order valence-electron chi connectivity index (χ2n) is 7.35. The first kappa shape index (κ1) is 21.2. The average molecular weight is 461 g/mol. The molecule has 0 bridgehead atoms. The van der Waals surface area contributed by atoms with E-state index in [1.54, 1.807) is 0 Å². The molecule has 0 saturated carbocycles. The van der Waals surface area contributed by atoms with Crippen molar-refractivity contribution >= 4 is 44.2 Å². The van der Waals surface area contributed by atoms with Crippen LogP contribution in [0.3, 0.4) is 0 Å². The number of nitrogens with one attached hydrogen (secondary N) is 1.